The van der Waals surface area contributed by atoms with Gasteiger partial charge in [0.25, 0.3) is 0 Å². The van der Waals surface area contributed by atoms with Gasteiger partial charge >= 0.3 is 0 Å². The van der Waals surface area contributed by atoms with Gasteiger partial charge in [-0.05, 0) is 17.7 Å². The lowest BCUT2D eigenvalue weighted by atomic mass is 10.2. The second-order valence-electron chi connectivity index (χ2n) is 3.63. The third kappa shape index (κ3) is 3.36. The predicted octanol–water partition coefficient (Wildman–Crippen LogP) is 2.40. The molecule has 0 atom stereocenters. The molecule has 0 aliphatic heterocycles. The van der Waals surface area contributed by atoms with Crippen molar-refractivity contribution in [1.29, 1.82) is 0 Å². The molecule has 0 spiro atoms. The van der Waals surface area contributed by atoms with Gasteiger partial charge in [-0.3, -0.25) is 0 Å². The summed E-state index contributed by atoms with van der Waals surface area (Å²) >= 11 is 5.81. The van der Waals surface area contributed by atoms with Crippen LogP contribution in [0.1, 0.15) is 11.3 Å². The van der Waals surface area contributed by atoms with E-state index in [-0.39, 0.29) is 0 Å². The molecule has 0 unspecified atom stereocenters. The van der Waals surface area contributed by atoms with Gasteiger partial charge in [0.15, 0.2) is 0 Å². The van der Waals surface area contributed by atoms with Crippen molar-refractivity contribution in [3.05, 3.63) is 53.1 Å². The summed E-state index contributed by atoms with van der Waals surface area (Å²) in [7, 11) is 0. The molecular weight excluding hydrogens is 222 g/mol. The van der Waals surface area contributed by atoms with E-state index in [0.29, 0.717) is 0 Å². The Morgan fingerprint density at radius 3 is 2.75 bits per heavy atom. The molecule has 2 aromatic rings. The van der Waals surface area contributed by atoms with Gasteiger partial charge in [-0.15, -0.1) is 0 Å². The summed E-state index contributed by atoms with van der Waals surface area (Å²) in [6.07, 6.45) is 4.52. The fourth-order valence-electron chi connectivity index (χ4n) is 1.48. The fourth-order valence-corrected chi connectivity index (χ4v) is 1.61. The average molecular weight is 236 g/mol. The Morgan fingerprint density at radius 2 is 2.06 bits per heavy atom. The minimum Gasteiger partial charge on any atom is -0.348 e. The van der Waals surface area contributed by atoms with Crippen LogP contribution in [0.4, 0.5) is 0 Å². The van der Waals surface area contributed by atoms with Crippen molar-refractivity contribution < 1.29 is 0 Å². The van der Waals surface area contributed by atoms with Crippen molar-refractivity contribution in [2.24, 2.45) is 0 Å². The third-order valence-electron chi connectivity index (χ3n) is 2.37. The van der Waals surface area contributed by atoms with Crippen molar-refractivity contribution >= 4 is 11.6 Å². The monoisotopic (exact) mass is 235 g/mol. The molecule has 2 rings (SSSR count). The highest BCUT2D eigenvalue weighted by Crippen LogP contribution is 2.08. The second kappa shape index (κ2) is 5.68. The Morgan fingerprint density at radius 1 is 1.25 bits per heavy atom. The Bertz CT molecular complexity index is 408. The third-order valence-corrected chi connectivity index (χ3v) is 2.62. The number of halogens is 1. The van der Waals surface area contributed by atoms with Gasteiger partial charge in [-0.25, -0.2) is 4.98 Å². The number of rotatable bonds is 5. The number of hydrogen-bond donors (Lipinski definition) is 2. The number of benzene rings is 1. The number of H-pyrrole nitrogens is 1. The second-order valence-corrected chi connectivity index (χ2v) is 4.07. The quantitative estimate of drug-likeness (QED) is 0.782. The van der Waals surface area contributed by atoms with Crippen LogP contribution in [0, 0.1) is 0 Å². The van der Waals surface area contributed by atoms with Crippen LogP contribution in [0.2, 0.25) is 5.02 Å². The van der Waals surface area contributed by atoms with E-state index < -0.39 is 0 Å². The smallest absolute Gasteiger partial charge is 0.0921 e. The number of hydrogen-bond acceptors (Lipinski definition) is 2. The molecular formula is C12H14ClN3. The summed E-state index contributed by atoms with van der Waals surface area (Å²) in [6.45, 7) is 1.80. The van der Waals surface area contributed by atoms with E-state index in [1.165, 1.54) is 5.56 Å². The molecule has 0 aliphatic carbocycles. The minimum absolute atomic E-state index is 0.779. The summed E-state index contributed by atoms with van der Waals surface area (Å²) < 4.78 is 0. The largest absolute Gasteiger partial charge is 0.348 e. The molecule has 16 heavy (non-hydrogen) atoms. The van der Waals surface area contributed by atoms with Crippen LogP contribution in [0.15, 0.2) is 36.8 Å². The van der Waals surface area contributed by atoms with E-state index >= 15 is 0 Å². The zero-order chi connectivity index (χ0) is 11.2. The Hall–Kier alpha value is -1.32. The highest BCUT2D eigenvalue weighted by molar-refractivity contribution is 6.30. The van der Waals surface area contributed by atoms with E-state index in [0.717, 1.165) is 30.2 Å². The fraction of sp³-hybridized carbons (Fsp3) is 0.250. The summed E-state index contributed by atoms with van der Waals surface area (Å²) in [6, 6.07) is 7.89. The summed E-state index contributed by atoms with van der Waals surface area (Å²) in [5.41, 5.74) is 2.40. The van der Waals surface area contributed by atoms with Crippen LogP contribution in [0.3, 0.4) is 0 Å². The molecule has 0 bridgehead atoms. The molecule has 1 aromatic heterocycles. The van der Waals surface area contributed by atoms with Crippen LogP contribution < -0.4 is 5.32 Å². The maximum absolute atomic E-state index is 5.81. The molecule has 0 saturated heterocycles. The number of nitrogens with one attached hydrogen (secondary N) is 2. The molecule has 1 aromatic carbocycles. The van der Waals surface area contributed by atoms with Crippen LogP contribution in [-0.4, -0.2) is 16.5 Å². The van der Waals surface area contributed by atoms with Gasteiger partial charge in [0, 0.05) is 36.4 Å². The SMILES string of the molecule is Clc1ccc(CNCCc2cnc[nH]2)cc1. The number of aromatic nitrogens is 2. The topological polar surface area (TPSA) is 40.7 Å². The van der Waals surface area contributed by atoms with E-state index in [4.69, 9.17) is 11.6 Å². The van der Waals surface area contributed by atoms with Crippen LogP contribution in [-0.2, 0) is 13.0 Å². The van der Waals surface area contributed by atoms with E-state index in [1.807, 2.05) is 30.5 Å². The van der Waals surface area contributed by atoms with Crippen LogP contribution in [0.5, 0.6) is 0 Å². The van der Waals surface area contributed by atoms with Gasteiger partial charge in [-0.2, -0.15) is 0 Å². The molecule has 0 saturated carbocycles. The molecule has 1 heterocycles. The standard InChI is InChI=1S/C12H14ClN3/c13-11-3-1-10(2-4-11)7-14-6-5-12-8-15-9-16-12/h1-4,8-9,14H,5-7H2,(H,15,16). The summed E-state index contributed by atoms with van der Waals surface area (Å²) in [5, 5.41) is 4.15. The first-order valence-corrected chi connectivity index (χ1v) is 5.65. The van der Waals surface area contributed by atoms with Crippen molar-refractivity contribution in [2.75, 3.05) is 6.54 Å². The van der Waals surface area contributed by atoms with Gasteiger partial charge in [0.1, 0.15) is 0 Å². The Labute approximate surface area is 99.9 Å². The van der Waals surface area contributed by atoms with E-state index in [2.05, 4.69) is 15.3 Å². The van der Waals surface area contributed by atoms with Gasteiger partial charge in [0.05, 0.1) is 6.33 Å². The Balaban J connectivity index is 1.70. The highest BCUT2D eigenvalue weighted by Gasteiger charge is 1.95. The van der Waals surface area contributed by atoms with Crippen molar-refractivity contribution in [2.45, 2.75) is 13.0 Å². The maximum Gasteiger partial charge on any atom is 0.0921 e. The molecule has 4 heteroatoms. The maximum atomic E-state index is 5.81. The van der Waals surface area contributed by atoms with E-state index in [9.17, 15) is 0 Å². The van der Waals surface area contributed by atoms with Crippen molar-refractivity contribution in [3.8, 4) is 0 Å². The minimum atomic E-state index is 0.779. The average Bonchev–Trinajstić information content (AvgIpc) is 2.80. The highest BCUT2D eigenvalue weighted by atomic mass is 35.5. The lowest BCUT2D eigenvalue weighted by Crippen LogP contribution is -2.16. The normalized spacial score (nSPS) is 10.6. The predicted molar refractivity (Wildman–Crippen MR) is 65.5 cm³/mol. The lowest BCUT2D eigenvalue weighted by molar-refractivity contribution is 0.681. The number of nitrogens with zero attached hydrogens (tertiary/aromatic N) is 1. The zero-order valence-electron chi connectivity index (χ0n) is 8.91. The van der Waals surface area contributed by atoms with Gasteiger partial charge in [-0.1, -0.05) is 23.7 Å². The van der Waals surface area contributed by atoms with Crippen LogP contribution in [0.25, 0.3) is 0 Å². The first-order chi connectivity index (χ1) is 7.84. The number of aromatic amines is 1. The first-order valence-electron chi connectivity index (χ1n) is 5.27. The van der Waals surface area contributed by atoms with Crippen LogP contribution >= 0.6 is 11.6 Å². The Kier molecular flexibility index (Phi) is 3.97. The lowest BCUT2D eigenvalue weighted by Gasteiger charge is -2.03. The van der Waals surface area contributed by atoms with Gasteiger partial charge < -0.3 is 10.3 Å². The summed E-state index contributed by atoms with van der Waals surface area (Å²) in [5.74, 6) is 0. The molecule has 0 aliphatic rings. The molecule has 0 amide bonds. The first kappa shape index (κ1) is 11.2. The zero-order valence-corrected chi connectivity index (χ0v) is 9.67. The summed E-state index contributed by atoms with van der Waals surface area (Å²) in [4.78, 5) is 7.05. The van der Waals surface area contributed by atoms with Gasteiger partial charge in [0.2, 0.25) is 0 Å². The van der Waals surface area contributed by atoms with Crippen molar-refractivity contribution in [1.82, 2.24) is 15.3 Å². The molecule has 84 valence electrons. The molecule has 0 fully saturated rings. The van der Waals surface area contributed by atoms with E-state index in [1.54, 1.807) is 6.33 Å². The molecule has 3 nitrogen and oxygen atoms in total. The molecule has 0 radical (unpaired) electrons. The number of imidazole rings is 1. The molecule has 2 N–H and O–H groups in total. The van der Waals surface area contributed by atoms with Crippen molar-refractivity contribution in [3.63, 3.8) is 0 Å².